The van der Waals surface area contributed by atoms with Gasteiger partial charge in [0.05, 0.1) is 6.61 Å². The summed E-state index contributed by atoms with van der Waals surface area (Å²) in [4.78, 5) is 0. The molecule has 0 spiro atoms. The number of nitrogens with two attached hydrogens (primary N) is 1. The Morgan fingerprint density at radius 3 is 2.44 bits per heavy atom. The van der Waals surface area contributed by atoms with Crippen molar-refractivity contribution in [2.45, 2.75) is 44.1 Å². The molecule has 0 aromatic carbocycles. The number of alkyl halides is 4. The Kier molecular flexibility index (Phi) is 4.98. The molecule has 0 aliphatic heterocycles. The van der Waals surface area contributed by atoms with Crippen LogP contribution in [0.1, 0.15) is 25.7 Å². The molecule has 1 aliphatic carbocycles. The van der Waals surface area contributed by atoms with Gasteiger partial charge in [0, 0.05) is 6.04 Å². The van der Waals surface area contributed by atoms with Gasteiger partial charge in [-0.3, -0.25) is 0 Å². The fourth-order valence-electron chi connectivity index (χ4n) is 1.35. The zero-order chi connectivity index (χ0) is 12.2. The van der Waals surface area contributed by atoms with Crippen LogP contribution in [0.4, 0.5) is 17.6 Å². The van der Waals surface area contributed by atoms with E-state index in [1.807, 2.05) is 0 Å². The van der Waals surface area contributed by atoms with Crippen LogP contribution in [0.15, 0.2) is 0 Å². The molecule has 1 fully saturated rings. The van der Waals surface area contributed by atoms with E-state index in [4.69, 9.17) is 5.73 Å². The van der Waals surface area contributed by atoms with Crippen molar-refractivity contribution in [3.63, 3.8) is 0 Å². The maximum atomic E-state index is 12.4. The lowest BCUT2D eigenvalue weighted by molar-refractivity contribution is -0.166. The lowest BCUT2D eigenvalue weighted by Gasteiger charge is -2.17. The first kappa shape index (κ1) is 13.7. The SMILES string of the molecule is NC(CCC1CC1)COCC(F)(F)C(F)F. The number of hydrogen-bond acceptors (Lipinski definition) is 2. The maximum Gasteiger partial charge on any atom is 0.330 e. The van der Waals surface area contributed by atoms with Crippen molar-refractivity contribution in [3.05, 3.63) is 0 Å². The largest absolute Gasteiger partial charge is 0.373 e. The van der Waals surface area contributed by atoms with E-state index in [0.717, 1.165) is 6.42 Å². The van der Waals surface area contributed by atoms with Gasteiger partial charge in [-0.05, 0) is 18.8 Å². The van der Waals surface area contributed by atoms with Crippen molar-refractivity contribution in [2.24, 2.45) is 11.7 Å². The van der Waals surface area contributed by atoms with Gasteiger partial charge in [-0.2, -0.15) is 8.78 Å². The molecule has 0 radical (unpaired) electrons. The summed E-state index contributed by atoms with van der Waals surface area (Å²) < 4.78 is 52.8. The highest BCUT2D eigenvalue weighted by Gasteiger charge is 2.41. The second kappa shape index (κ2) is 5.82. The van der Waals surface area contributed by atoms with Crippen LogP contribution in [-0.2, 0) is 4.74 Å². The molecule has 0 amide bonds. The zero-order valence-corrected chi connectivity index (χ0v) is 8.97. The molecule has 2 nitrogen and oxygen atoms in total. The average Bonchev–Trinajstić information content (AvgIpc) is 2.97. The Morgan fingerprint density at radius 1 is 1.31 bits per heavy atom. The highest BCUT2D eigenvalue weighted by Crippen LogP contribution is 2.33. The van der Waals surface area contributed by atoms with Crippen LogP contribution in [0, 0.1) is 5.92 Å². The average molecular weight is 243 g/mol. The lowest BCUT2D eigenvalue weighted by atomic mass is 10.1. The Bertz CT molecular complexity index is 209. The number of rotatable bonds is 8. The Hall–Kier alpha value is -0.360. The fourth-order valence-corrected chi connectivity index (χ4v) is 1.35. The fraction of sp³-hybridized carbons (Fsp3) is 1.00. The minimum Gasteiger partial charge on any atom is -0.373 e. The van der Waals surface area contributed by atoms with Gasteiger partial charge in [-0.25, -0.2) is 8.78 Å². The summed E-state index contributed by atoms with van der Waals surface area (Å²) in [6, 6.07) is -0.339. The number of ether oxygens (including phenoxy) is 1. The molecule has 1 aliphatic rings. The maximum absolute atomic E-state index is 12.4. The van der Waals surface area contributed by atoms with E-state index in [1.165, 1.54) is 12.8 Å². The van der Waals surface area contributed by atoms with Crippen LogP contribution in [-0.4, -0.2) is 31.6 Å². The molecular weight excluding hydrogens is 226 g/mol. The van der Waals surface area contributed by atoms with E-state index in [1.54, 1.807) is 0 Å². The molecule has 6 heteroatoms. The highest BCUT2D eigenvalue weighted by atomic mass is 19.3. The van der Waals surface area contributed by atoms with Gasteiger partial charge in [0.1, 0.15) is 6.61 Å². The van der Waals surface area contributed by atoms with Crippen LogP contribution >= 0.6 is 0 Å². The molecule has 0 aromatic rings. The second-order valence-electron chi connectivity index (χ2n) is 4.36. The monoisotopic (exact) mass is 243 g/mol. The van der Waals surface area contributed by atoms with Gasteiger partial charge in [-0.15, -0.1) is 0 Å². The topological polar surface area (TPSA) is 35.2 Å². The lowest BCUT2D eigenvalue weighted by Crippen LogP contribution is -2.35. The van der Waals surface area contributed by atoms with E-state index in [-0.39, 0.29) is 12.6 Å². The first-order chi connectivity index (χ1) is 7.42. The summed E-state index contributed by atoms with van der Waals surface area (Å²) >= 11 is 0. The van der Waals surface area contributed by atoms with E-state index >= 15 is 0 Å². The van der Waals surface area contributed by atoms with E-state index in [9.17, 15) is 17.6 Å². The van der Waals surface area contributed by atoms with Crippen LogP contribution in [0.25, 0.3) is 0 Å². The third kappa shape index (κ3) is 5.12. The van der Waals surface area contributed by atoms with Gasteiger partial charge < -0.3 is 10.5 Å². The van der Waals surface area contributed by atoms with Crippen LogP contribution in [0.2, 0.25) is 0 Å². The molecule has 1 atom stereocenters. The van der Waals surface area contributed by atoms with Crippen molar-refractivity contribution in [3.8, 4) is 0 Å². The van der Waals surface area contributed by atoms with Crippen molar-refractivity contribution < 1.29 is 22.3 Å². The predicted molar refractivity (Wildman–Crippen MR) is 51.7 cm³/mol. The van der Waals surface area contributed by atoms with Crippen molar-refractivity contribution in [1.82, 2.24) is 0 Å². The normalized spacial score (nSPS) is 19.1. The zero-order valence-electron chi connectivity index (χ0n) is 8.97. The molecule has 16 heavy (non-hydrogen) atoms. The van der Waals surface area contributed by atoms with Gasteiger partial charge in [-0.1, -0.05) is 12.8 Å². The highest BCUT2D eigenvalue weighted by molar-refractivity contribution is 4.75. The molecule has 96 valence electrons. The summed E-state index contributed by atoms with van der Waals surface area (Å²) in [5.41, 5.74) is 5.60. The Labute approximate surface area is 92.1 Å². The van der Waals surface area contributed by atoms with E-state index < -0.39 is 19.0 Å². The molecule has 0 bridgehead atoms. The second-order valence-corrected chi connectivity index (χ2v) is 4.36. The smallest absolute Gasteiger partial charge is 0.330 e. The molecule has 1 unspecified atom stereocenters. The summed E-state index contributed by atoms with van der Waals surface area (Å²) in [6.45, 7) is -1.35. The van der Waals surface area contributed by atoms with Crippen LogP contribution < -0.4 is 5.73 Å². The van der Waals surface area contributed by atoms with Crippen molar-refractivity contribution in [1.29, 1.82) is 0 Å². The molecule has 2 N–H and O–H groups in total. The first-order valence-electron chi connectivity index (χ1n) is 5.41. The number of halogens is 4. The Balaban J connectivity index is 2.04. The quantitative estimate of drug-likeness (QED) is 0.664. The van der Waals surface area contributed by atoms with E-state index in [0.29, 0.717) is 12.3 Å². The molecule has 0 saturated heterocycles. The van der Waals surface area contributed by atoms with Gasteiger partial charge >= 0.3 is 12.3 Å². The molecule has 1 saturated carbocycles. The summed E-state index contributed by atoms with van der Waals surface area (Å²) in [7, 11) is 0. The third-order valence-corrected chi connectivity index (χ3v) is 2.59. The summed E-state index contributed by atoms with van der Waals surface area (Å²) in [5.74, 6) is -3.36. The van der Waals surface area contributed by atoms with E-state index in [2.05, 4.69) is 4.74 Å². The van der Waals surface area contributed by atoms with Crippen molar-refractivity contribution >= 4 is 0 Å². The summed E-state index contributed by atoms with van der Waals surface area (Å²) in [6.07, 6.45) is 0.393. The predicted octanol–water partition coefficient (Wildman–Crippen LogP) is 2.42. The van der Waals surface area contributed by atoms with Crippen molar-refractivity contribution in [2.75, 3.05) is 13.2 Å². The minimum absolute atomic E-state index is 0.0883. The van der Waals surface area contributed by atoms with Gasteiger partial charge in [0.2, 0.25) is 0 Å². The molecule has 0 heterocycles. The summed E-state index contributed by atoms with van der Waals surface area (Å²) in [5, 5.41) is 0. The minimum atomic E-state index is -4.07. The van der Waals surface area contributed by atoms with Crippen LogP contribution in [0.3, 0.4) is 0 Å². The van der Waals surface area contributed by atoms with Gasteiger partial charge in [0.15, 0.2) is 0 Å². The van der Waals surface area contributed by atoms with Gasteiger partial charge in [0.25, 0.3) is 0 Å². The molecule has 0 aromatic heterocycles. The number of hydrogen-bond donors (Lipinski definition) is 1. The Morgan fingerprint density at radius 2 is 1.94 bits per heavy atom. The molecule has 1 rings (SSSR count). The standard InChI is InChI=1S/C10H17F4NO/c11-9(12)10(13,14)6-16-5-8(15)4-3-7-1-2-7/h7-9H,1-6,15H2. The third-order valence-electron chi connectivity index (χ3n) is 2.59. The van der Waals surface area contributed by atoms with Crippen LogP contribution in [0.5, 0.6) is 0 Å². The molecular formula is C10H17F4NO. The first-order valence-corrected chi connectivity index (χ1v) is 5.41.